The maximum atomic E-state index is 13.0. The lowest BCUT2D eigenvalue weighted by molar-refractivity contribution is 0.0741. The highest BCUT2D eigenvalue weighted by molar-refractivity contribution is 5.96. The Labute approximate surface area is 160 Å². The topological polar surface area (TPSA) is 46.8 Å². The summed E-state index contributed by atoms with van der Waals surface area (Å²) in [4.78, 5) is 19.5. The van der Waals surface area contributed by atoms with Gasteiger partial charge in [-0.25, -0.2) is 4.98 Å². The largest absolute Gasteiger partial charge is 0.486 e. The van der Waals surface area contributed by atoms with Crippen LogP contribution < -0.4 is 4.74 Å². The number of rotatable bonds is 7. The first-order valence-corrected chi connectivity index (χ1v) is 9.44. The van der Waals surface area contributed by atoms with Crippen molar-refractivity contribution in [2.24, 2.45) is 5.92 Å². The number of hydrogen-bond acceptors (Lipinski definition) is 3. The van der Waals surface area contributed by atoms with Crippen molar-refractivity contribution in [3.8, 4) is 5.75 Å². The third-order valence-corrected chi connectivity index (χ3v) is 4.48. The van der Waals surface area contributed by atoms with E-state index in [4.69, 9.17) is 4.74 Å². The van der Waals surface area contributed by atoms with E-state index in [9.17, 15) is 4.79 Å². The zero-order chi connectivity index (χ0) is 19.4. The van der Waals surface area contributed by atoms with Crippen LogP contribution in [0.3, 0.4) is 0 Å². The van der Waals surface area contributed by atoms with Crippen molar-refractivity contribution >= 4 is 11.6 Å². The van der Waals surface area contributed by atoms with E-state index in [1.54, 1.807) is 0 Å². The minimum atomic E-state index is 0.00708. The third-order valence-electron chi connectivity index (χ3n) is 4.48. The molecule has 0 N–H and O–H groups in total. The Morgan fingerprint density at radius 1 is 1.22 bits per heavy atom. The minimum Gasteiger partial charge on any atom is -0.486 e. The molecule has 0 spiro atoms. The number of fused-ring (bicyclic) bond motifs is 1. The van der Waals surface area contributed by atoms with Crippen molar-refractivity contribution in [2.45, 2.75) is 34.3 Å². The first kappa shape index (κ1) is 19.0. The van der Waals surface area contributed by atoms with Crippen LogP contribution >= 0.6 is 0 Å². The van der Waals surface area contributed by atoms with Gasteiger partial charge in [0, 0.05) is 25.5 Å². The molecule has 0 aliphatic rings. The number of pyridine rings is 1. The lowest BCUT2D eigenvalue weighted by Gasteiger charge is -2.24. The third kappa shape index (κ3) is 4.30. The first-order chi connectivity index (χ1) is 13.0. The van der Waals surface area contributed by atoms with Gasteiger partial charge in [-0.1, -0.05) is 32.0 Å². The van der Waals surface area contributed by atoms with Crippen LogP contribution in [0, 0.1) is 12.8 Å². The van der Waals surface area contributed by atoms with E-state index in [0.717, 1.165) is 23.4 Å². The molecule has 142 valence electrons. The van der Waals surface area contributed by atoms with Gasteiger partial charge in [-0.15, -0.1) is 0 Å². The van der Waals surface area contributed by atoms with E-state index in [-0.39, 0.29) is 5.91 Å². The van der Waals surface area contributed by atoms with E-state index in [1.165, 1.54) is 0 Å². The molecule has 2 heterocycles. The molecule has 27 heavy (non-hydrogen) atoms. The highest BCUT2D eigenvalue weighted by Crippen LogP contribution is 2.22. The fraction of sp³-hybridized carbons (Fsp3) is 0.364. The molecule has 0 atom stereocenters. The van der Waals surface area contributed by atoms with Crippen molar-refractivity contribution in [2.75, 3.05) is 13.1 Å². The van der Waals surface area contributed by atoms with Crippen LogP contribution in [0.4, 0.5) is 0 Å². The Morgan fingerprint density at radius 2 is 2.00 bits per heavy atom. The fourth-order valence-electron chi connectivity index (χ4n) is 3.16. The van der Waals surface area contributed by atoms with E-state index in [2.05, 4.69) is 18.8 Å². The van der Waals surface area contributed by atoms with Crippen LogP contribution in [0.2, 0.25) is 0 Å². The number of imidazole rings is 1. The average Bonchev–Trinajstić information content (AvgIpc) is 3.08. The molecule has 0 unspecified atom stereocenters. The number of aromatic nitrogens is 2. The van der Waals surface area contributed by atoms with Crippen LogP contribution in [-0.2, 0) is 6.61 Å². The van der Waals surface area contributed by atoms with Crippen LogP contribution in [0.5, 0.6) is 5.75 Å². The van der Waals surface area contributed by atoms with Crippen molar-refractivity contribution in [1.82, 2.24) is 14.3 Å². The van der Waals surface area contributed by atoms with Gasteiger partial charge in [-0.3, -0.25) is 4.79 Å². The van der Waals surface area contributed by atoms with Crippen molar-refractivity contribution in [1.29, 1.82) is 0 Å². The Bertz CT molecular complexity index is 930. The Kier molecular flexibility index (Phi) is 5.79. The number of benzene rings is 1. The maximum Gasteiger partial charge on any atom is 0.257 e. The molecular formula is C22H27N3O2. The lowest BCUT2D eigenvalue weighted by Crippen LogP contribution is -2.34. The van der Waals surface area contributed by atoms with Gasteiger partial charge in [0.25, 0.3) is 5.91 Å². The summed E-state index contributed by atoms with van der Waals surface area (Å²) in [7, 11) is 0. The van der Waals surface area contributed by atoms with Crippen LogP contribution in [0.15, 0.2) is 48.8 Å². The number of carbonyl (C=O) groups excluding carboxylic acids is 1. The predicted molar refractivity (Wildman–Crippen MR) is 107 cm³/mol. The van der Waals surface area contributed by atoms with Crippen molar-refractivity contribution in [3.05, 3.63) is 65.6 Å². The second-order valence-electron chi connectivity index (χ2n) is 7.18. The Balaban J connectivity index is 1.79. The lowest BCUT2D eigenvalue weighted by atomic mass is 10.1. The second kappa shape index (κ2) is 8.25. The van der Waals surface area contributed by atoms with Crippen molar-refractivity contribution < 1.29 is 9.53 Å². The smallest absolute Gasteiger partial charge is 0.257 e. The Hall–Kier alpha value is -2.82. The standard InChI is InChI=1S/C22H27N3O2/c1-5-24(13-16(2)3)22(26)19-10-6-7-11-20(19)27-15-18-14-25-12-8-9-17(4)21(25)23-18/h6-12,14,16H,5,13,15H2,1-4H3. The SMILES string of the molecule is CCN(CC(C)C)C(=O)c1ccccc1OCc1cn2cccc(C)c2n1. The summed E-state index contributed by atoms with van der Waals surface area (Å²) in [5.74, 6) is 1.02. The zero-order valence-electron chi connectivity index (χ0n) is 16.5. The summed E-state index contributed by atoms with van der Waals surface area (Å²) in [5.41, 5.74) is 3.47. The summed E-state index contributed by atoms with van der Waals surface area (Å²) < 4.78 is 7.98. The van der Waals surface area contributed by atoms with Crippen LogP contribution in [0.1, 0.15) is 42.4 Å². The van der Waals surface area contributed by atoms with Gasteiger partial charge in [0.15, 0.2) is 0 Å². The van der Waals surface area contributed by atoms with Gasteiger partial charge < -0.3 is 14.0 Å². The van der Waals surface area contributed by atoms with E-state index < -0.39 is 0 Å². The van der Waals surface area contributed by atoms with E-state index in [1.807, 2.05) is 71.9 Å². The average molecular weight is 365 g/mol. The number of para-hydroxylation sites is 1. The molecule has 1 amide bonds. The fourth-order valence-corrected chi connectivity index (χ4v) is 3.16. The molecule has 0 radical (unpaired) electrons. The number of ether oxygens (including phenoxy) is 1. The quantitative estimate of drug-likeness (QED) is 0.626. The van der Waals surface area contributed by atoms with Crippen LogP contribution in [0.25, 0.3) is 5.65 Å². The molecule has 0 bridgehead atoms. The molecule has 3 rings (SSSR count). The van der Waals surface area contributed by atoms with Crippen LogP contribution in [-0.4, -0.2) is 33.3 Å². The molecule has 5 nitrogen and oxygen atoms in total. The van der Waals surface area contributed by atoms with E-state index >= 15 is 0 Å². The monoisotopic (exact) mass is 365 g/mol. The molecule has 0 aliphatic heterocycles. The highest BCUT2D eigenvalue weighted by atomic mass is 16.5. The summed E-state index contributed by atoms with van der Waals surface area (Å²) in [6.07, 6.45) is 3.94. The number of aryl methyl sites for hydroxylation is 1. The molecule has 2 aromatic heterocycles. The summed E-state index contributed by atoms with van der Waals surface area (Å²) >= 11 is 0. The molecular weight excluding hydrogens is 338 g/mol. The highest BCUT2D eigenvalue weighted by Gasteiger charge is 2.19. The first-order valence-electron chi connectivity index (χ1n) is 9.44. The molecule has 0 fully saturated rings. The number of carbonyl (C=O) groups is 1. The molecule has 0 saturated carbocycles. The molecule has 0 aliphatic carbocycles. The number of nitrogens with zero attached hydrogens (tertiary/aromatic N) is 3. The number of amides is 1. The summed E-state index contributed by atoms with van der Waals surface area (Å²) in [6.45, 7) is 10.00. The van der Waals surface area contributed by atoms with Gasteiger partial charge in [0.05, 0.1) is 11.3 Å². The summed E-state index contributed by atoms with van der Waals surface area (Å²) in [6, 6.07) is 11.5. The van der Waals surface area contributed by atoms with Gasteiger partial charge in [0.1, 0.15) is 18.0 Å². The Morgan fingerprint density at radius 3 is 2.70 bits per heavy atom. The molecule has 5 heteroatoms. The second-order valence-corrected chi connectivity index (χ2v) is 7.18. The maximum absolute atomic E-state index is 13.0. The zero-order valence-corrected chi connectivity index (χ0v) is 16.5. The van der Waals surface area contributed by atoms with Gasteiger partial charge in [0.2, 0.25) is 0 Å². The van der Waals surface area contributed by atoms with Gasteiger partial charge in [-0.2, -0.15) is 0 Å². The van der Waals surface area contributed by atoms with E-state index in [0.29, 0.717) is 30.4 Å². The predicted octanol–water partition coefficient (Wildman–Crippen LogP) is 4.34. The minimum absolute atomic E-state index is 0.00708. The number of hydrogen-bond donors (Lipinski definition) is 0. The molecule has 0 saturated heterocycles. The van der Waals surface area contributed by atoms with Gasteiger partial charge >= 0.3 is 0 Å². The van der Waals surface area contributed by atoms with Crippen molar-refractivity contribution in [3.63, 3.8) is 0 Å². The molecule has 1 aromatic carbocycles. The van der Waals surface area contributed by atoms with Gasteiger partial charge in [-0.05, 0) is 43.5 Å². The molecule has 3 aromatic rings. The summed E-state index contributed by atoms with van der Waals surface area (Å²) in [5, 5.41) is 0. The normalized spacial score (nSPS) is 11.1.